The average molecular weight is 179 g/mol. The van der Waals surface area contributed by atoms with E-state index in [1.165, 1.54) is 18.9 Å². The zero-order valence-corrected chi connectivity index (χ0v) is 7.89. The van der Waals surface area contributed by atoms with Gasteiger partial charge in [0.25, 0.3) is 0 Å². The van der Waals surface area contributed by atoms with Crippen molar-refractivity contribution < 1.29 is 4.39 Å². The third-order valence-corrected chi connectivity index (χ3v) is 2.69. The van der Waals surface area contributed by atoms with Crippen molar-refractivity contribution in [2.45, 2.75) is 19.8 Å². The quantitative estimate of drug-likeness (QED) is 0.640. The van der Waals surface area contributed by atoms with E-state index in [1.807, 2.05) is 13.0 Å². The second kappa shape index (κ2) is 3.36. The third kappa shape index (κ3) is 1.53. The number of hydrogen-bond acceptors (Lipinski definition) is 1. The molecule has 1 heterocycles. The van der Waals surface area contributed by atoms with Crippen LogP contribution in [0, 0.1) is 12.7 Å². The second-order valence-electron chi connectivity index (χ2n) is 3.58. The molecular weight excluding hydrogens is 165 g/mol. The molecule has 0 unspecified atom stereocenters. The van der Waals surface area contributed by atoms with E-state index in [9.17, 15) is 4.39 Å². The van der Waals surface area contributed by atoms with Gasteiger partial charge in [0.1, 0.15) is 5.82 Å². The highest BCUT2D eigenvalue weighted by molar-refractivity contribution is 5.54. The van der Waals surface area contributed by atoms with E-state index in [0.29, 0.717) is 0 Å². The molecular formula is C11H14FN. The van der Waals surface area contributed by atoms with Gasteiger partial charge in [-0.1, -0.05) is 6.07 Å². The molecule has 2 rings (SSSR count). The molecule has 0 amide bonds. The number of anilines is 1. The van der Waals surface area contributed by atoms with Crippen molar-refractivity contribution in [1.82, 2.24) is 0 Å². The highest BCUT2D eigenvalue weighted by Crippen LogP contribution is 2.25. The van der Waals surface area contributed by atoms with Crippen LogP contribution in [-0.2, 0) is 0 Å². The number of rotatable bonds is 1. The minimum atomic E-state index is -0.0931. The van der Waals surface area contributed by atoms with Crippen LogP contribution in [0.4, 0.5) is 10.1 Å². The molecule has 1 aromatic rings. The van der Waals surface area contributed by atoms with Gasteiger partial charge in [-0.3, -0.25) is 0 Å². The summed E-state index contributed by atoms with van der Waals surface area (Å²) in [6.45, 7) is 4.00. The van der Waals surface area contributed by atoms with Gasteiger partial charge in [-0.2, -0.15) is 0 Å². The number of benzene rings is 1. The lowest BCUT2D eigenvalue weighted by molar-refractivity contribution is 0.618. The summed E-state index contributed by atoms with van der Waals surface area (Å²) in [6.07, 6.45) is 2.46. The Bertz CT molecular complexity index is 303. The Balaban J connectivity index is 2.33. The molecule has 0 bridgehead atoms. The van der Waals surface area contributed by atoms with E-state index in [4.69, 9.17) is 0 Å². The van der Waals surface area contributed by atoms with Gasteiger partial charge in [-0.05, 0) is 31.9 Å². The molecule has 13 heavy (non-hydrogen) atoms. The fourth-order valence-corrected chi connectivity index (χ4v) is 1.90. The van der Waals surface area contributed by atoms with Gasteiger partial charge in [0.15, 0.2) is 0 Å². The normalized spacial score (nSPS) is 16.6. The Morgan fingerprint density at radius 1 is 1.23 bits per heavy atom. The standard InChI is InChI=1S/C11H14FN/c1-9-10(12)5-4-6-11(9)13-7-2-3-8-13/h4-6H,2-3,7-8H2,1H3. The molecule has 0 aromatic heterocycles. The summed E-state index contributed by atoms with van der Waals surface area (Å²) in [5, 5.41) is 0. The molecule has 1 fully saturated rings. The Morgan fingerprint density at radius 3 is 2.62 bits per heavy atom. The van der Waals surface area contributed by atoms with E-state index in [-0.39, 0.29) is 5.82 Å². The molecule has 0 radical (unpaired) electrons. The number of nitrogens with zero attached hydrogens (tertiary/aromatic N) is 1. The number of halogens is 1. The first kappa shape index (κ1) is 8.54. The molecule has 0 spiro atoms. The van der Waals surface area contributed by atoms with Crippen molar-refractivity contribution in [2.75, 3.05) is 18.0 Å². The summed E-state index contributed by atoms with van der Waals surface area (Å²) in [5.74, 6) is -0.0931. The Kier molecular flexibility index (Phi) is 2.21. The summed E-state index contributed by atoms with van der Waals surface area (Å²) in [7, 11) is 0. The van der Waals surface area contributed by atoms with E-state index in [1.54, 1.807) is 6.07 Å². The van der Waals surface area contributed by atoms with Crippen molar-refractivity contribution in [3.05, 3.63) is 29.6 Å². The van der Waals surface area contributed by atoms with Crippen LogP contribution in [0.3, 0.4) is 0 Å². The molecule has 1 nitrogen and oxygen atoms in total. The molecule has 1 aliphatic rings. The van der Waals surface area contributed by atoms with Crippen molar-refractivity contribution in [3.63, 3.8) is 0 Å². The van der Waals surface area contributed by atoms with Crippen molar-refractivity contribution >= 4 is 5.69 Å². The smallest absolute Gasteiger partial charge is 0.128 e. The van der Waals surface area contributed by atoms with Crippen LogP contribution in [0.5, 0.6) is 0 Å². The first-order valence-electron chi connectivity index (χ1n) is 4.79. The SMILES string of the molecule is Cc1c(F)cccc1N1CCCC1. The van der Waals surface area contributed by atoms with Crippen LogP contribution >= 0.6 is 0 Å². The lowest BCUT2D eigenvalue weighted by Gasteiger charge is -2.19. The maximum absolute atomic E-state index is 13.2. The predicted molar refractivity (Wildman–Crippen MR) is 52.6 cm³/mol. The highest BCUT2D eigenvalue weighted by atomic mass is 19.1. The van der Waals surface area contributed by atoms with Crippen LogP contribution in [0.1, 0.15) is 18.4 Å². The van der Waals surface area contributed by atoms with Crippen LogP contribution < -0.4 is 4.90 Å². The zero-order chi connectivity index (χ0) is 9.26. The molecule has 2 heteroatoms. The van der Waals surface area contributed by atoms with Crippen LogP contribution in [0.15, 0.2) is 18.2 Å². The first-order chi connectivity index (χ1) is 6.29. The van der Waals surface area contributed by atoms with Gasteiger partial charge in [0, 0.05) is 24.3 Å². The van der Waals surface area contributed by atoms with Crippen molar-refractivity contribution in [2.24, 2.45) is 0 Å². The maximum atomic E-state index is 13.2. The van der Waals surface area contributed by atoms with E-state index in [2.05, 4.69) is 4.90 Å². The molecule has 0 saturated carbocycles. The Hall–Kier alpha value is -1.05. The largest absolute Gasteiger partial charge is 0.371 e. The van der Waals surface area contributed by atoms with E-state index < -0.39 is 0 Å². The number of hydrogen-bond donors (Lipinski definition) is 0. The second-order valence-corrected chi connectivity index (χ2v) is 3.58. The van der Waals surface area contributed by atoms with Gasteiger partial charge in [0.05, 0.1) is 0 Å². The lowest BCUT2D eigenvalue weighted by Crippen LogP contribution is -2.18. The predicted octanol–water partition coefficient (Wildman–Crippen LogP) is 2.73. The fourth-order valence-electron chi connectivity index (χ4n) is 1.90. The fraction of sp³-hybridized carbons (Fsp3) is 0.455. The monoisotopic (exact) mass is 179 g/mol. The molecule has 1 saturated heterocycles. The molecule has 70 valence electrons. The average Bonchev–Trinajstić information content (AvgIpc) is 2.62. The third-order valence-electron chi connectivity index (χ3n) is 2.69. The van der Waals surface area contributed by atoms with E-state index >= 15 is 0 Å². The van der Waals surface area contributed by atoms with Crippen molar-refractivity contribution in [3.8, 4) is 0 Å². The summed E-state index contributed by atoms with van der Waals surface area (Å²) in [5.41, 5.74) is 1.85. The van der Waals surface area contributed by atoms with Crippen molar-refractivity contribution in [1.29, 1.82) is 0 Å². The molecule has 0 atom stereocenters. The van der Waals surface area contributed by atoms with Crippen LogP contribution in [0.2, 0.25) is 0 Å². The summed E-state index contributed by atoms with van der Waals surface area (Å²) in [4.78, 5) is 2.26. The van der Waals surface area contributed by atoms with E-state index in [0.717, 1.165) is 24.3 Å². The van der Waals surface area contributed by atoms with Gasteiger partial charge in [0.2, 0.25) is 0 Å². The first-order valence-corrected chi connectivity index (χ1v) is 4.79. The topological polar surface area (TPSA) is 3.24 Å². The molecule has 0 aliphatic carbocycles. The Labute approximate surface area is 78.2 Å². The lowest BCUT2D eigenvalue weighted by atomic mass is 10.2. The minimum absolute atomic E-state index is 0.0931. The highest BCUT2D eigenvalue weighted by Gasteiger charge is 2.15. The van der Waals surface area contributed by atoms with Crippen LogP contribution in [0.25, 0.3) is 0 Å². The minimum Gasteiger partial charge on any atom is -0.371 e. The van der Waals surface area contributed by atoms with Gasteiger partial charge in [-0.15, -0.1) is 0 Å². The maximum Gasteiger partial charge on any atom is 0.128 e. The summed E-state index contributed by atoms with van der Waals surface area (Å²) in [6, 6.07) is 5.31. The molecule has 1 aromatic carbocycles. The summed E-state index contributed by atoms with van der Waals surface area (Å²) < 4.78 is 13.2. The van der Waals surface area contributed by atoms with Gasteiger partial charge < -0.3 is 4.90 Å². The molecule has 1 aliphatic heterocycles. The van der Waals surface area contributed by atoms with Crippen LogP contribution in [-0.4, -0.2) is 13.1 Å². The Morgan fingerprint density at radius 2 is 1.92 bits per heavy atom. The summed E-state index contributed by atoms with van der Waals surface area (Å²) >= 11 is 0. The zero-order valence-electron chi connectivity index (χ0n) is 7.89. The van der Waals surface area contributed by atoms with Gasteiger partial charge in [-0.25, -0.2) is 4.39 Å². The molecule has 0 N–H and O–H groups in total. The van der Waals surface area contributed by atoms with Gasteiger partial charge >= 0.3 is 0 Å².